The van der Waals surface area contributed by atoms with Gasteiger partial charge in [-0.25, -0.2) is 4.39 Å². The maximum atomic E-state index is 13.9. The molecular formula is C14H19FN2O. The number of hydrogen-bond donors (Lipinski definition) is 2. The Morgan fingerprint density at radius 1 is 1.39 bits per heavy atom. The number of rotatable bonds is 5. The highest BCUT2D eigenvalue weighted by Gasteiger charge is 2.46. The van der Waals surface area contributed by atoms with E-state index in [1.165, 1.54) is 6.07 Å². The Morgan fingerprint density at radius 3 is 2.67 bits per heavy atom. The summed E-state index contributed by atoms with van der Waals surface area (Å²) in [6.45, 7) is 1.11. The molecular weight excluding hydrogens is 231 g/mol. The maximum Gasteiger partial charge on any atom is 0.230 e. The fourth-order valence-corrected chi connectivity index (χ4v) is 2.47. The molecule has 0 saturated heterocycles. The minimum absolute atomic E-state index is 0.0627. The predicted octanol–water partition coefficient (Wildman–Crippen LogP) is 1.71. The lowest BCUT2D eigenvalue weighted by molar-refractivity contribution is -0.130. The van der Waals surface area contributed by atoms with Crippen molar-refractivity contribution in [3.8, 4) is 0 Å². The van der Waals surface area contributed by atoms with Gasteiger partial charge in [0.1, 0.15) is 5.82 Å². The molecule has 3 N–H and O–H groups in total. The number of benzene rings is 1. The molecule has 1 aromatic rings. The second-order valence-corrected chi connectivity index (χ2v) is 4.81. The van der Waals surface area contributed by atoms with Crippen LogP contribution in [0.4, 0.5) is 4.39 Å². The second kappa shape index (κ2) is 5.48. The first-order chi connectivity index (χ1) is 8.70. The normalized spacial score (nSPS) is 17.0. The third-order valence-corrected chi connectivity index (χ3v) is 3.70. The van der Waals surface area contributed by atoms with E-state index < -0.39 is 5.41 Å². The first kappa shape index (κ1) is 13.0. The molecule has 1 saturated carbocycles. The molecule has 0 bridgehead atoms. The van der Waals surface area contributed by atoms with Gasteiger partial charge in [0.15, 0.2) is 0 Å². The predicted molar refractivity (Wildman–Crippen MR) is 68.6 cm³/mol. The number of halogens is 1. The number of carbonyl (C=O) groups is 1. The Balaban J connectivity index is 2.16. The molecule has 98 valence electrons. The second-order valence-electron chi connectivity index (χ2n) is 4.81. The van der Waals surface area contributed by atoms with Crippen molar-refractivity contribution in [3.63, 3.8) is 0 Å². The van der Waals surface area contributed by atoms with Gasteiger partial charge >= 0.3 is 0 Å². The van der Waals surface area contributed by atoms with Crippen LogP contribution in [0.1, 0.15) is 31.2 Å². The van der Waals surface area contributed by atoms with Crippen molar-refractivity contribution in [2.75, 3.05) is 13.1 Å². The molecule has 0 heterocycles. The summed E-state index contributed by atoms with van der Waals surface area (Å²) in [4.78, 5) is 12.3. The van der Waals surface area contributed by atoms with Crippen LogP contribution in [-0.2, 0) is 10.2 Å². The summed E-state index contributed by atoms with van der Waals surface area (Å²) < 4.78 is 13.9. The van der Waals surface area contributed by atoms with E-state index >= 15 is 0 Å². The fourth-order valence-electron chi connectivity index (χ4n) is 2.47. The first-order valence-corrected chi connectivity index (χ1v) is 6.44. The molecule has 0 spiro atoms. The zero-order chi connectivity index (χ0) is 13.0. The summed E-state index contributed by atoms with van der Waals surface area (Å²) in [6.07, 6.45) is 3.17. The van der Waals surface area contributed by atoms with Crippen molar-refractivity contribution in [2.24, 2.45) is 5.73 Å². The lowest BCUT2D eigenvalue weighted by Crippen LogP contribution is -2.50. The summed E-state index contributed by atoms with van der Waals surface area (Å²) in [5.74, 6) is -0.349. The Kier molecular flexibility index (Phi) is 3.97. The molecule has 1 fully saturated rings. The smallest absolute Gasteiger partial charge is 0.230 e. The molecule has 1 aromatic carbocycles. The number of amides is 1. The molecule has 0 radical (unpaired) electrons. The lowest BCUT2D eigenvalue weighted by Gasteiger charge is -2.40. The van der Waals surface area contributed by atoms with Crippen LogP contribution in [0.2, 0.25) is 0 Å². The van der Waals surface area contributed by atoms with Gasteiger partial charge in [-0.05, 0) is 31.9 Å². The van der Waals surface area contributed by atoms with Crippen LogP contribution in [0.25, 0.3) is 0 Å². The van der Waals surface area contributed by atoms with Crippen molar-refractivity contribution in [2.45, 2.75) is 31.1 Å². The van der Waals surface area contributed by atoms with E-state index in [-0.39, 0.29) is 11.7 Å². The van der Waals surface area contributed by atoms with Crippen LogP contribution < -0.4 is 11.1 Å². The standard InChI is InChI=1S/C14H19FN2O/c15-12-6-2-1-5-11(12)14(7-3-8-14)13(18)17-10-4-9-16/h1-2,5-6H,3-4,7-10,16H2,(H,17,18). The molecule has 1 aliphatic carbocycles. The Bertz CT molecular complexity index is 430. The van der Waals surface area contributed by atoms with Crippen LogP contribution in [0, 0.1) is 5.82 Å². The molecule has 1 aliphatic rings. The van der Waals surface area contributed by atoms with E-state index in [2.05, 4.69) is 5.32 Å². The summed E-state index contributed by atoms with van der Waals surface area (Å²) in [5, 5.41) is 2.87. The summed E-state index contributed by atoms with van der Waals surface area (Å²) in [5.41, 5.74) is 5.27. The van der Waals surface area contributed by atoms with Crippen molar-refractivity contribution in [1.82, 2.24) is 5.32 Å². The molecule has 2 rings (SSSR count). The maximum absolute atomic E-state index is 13.9. The zero-order valence-corrected chi connectivity index (χ0v) is 10.4. The molecule has 0 unspecified atom stereocenters. The van der Waals surface area contributed by atoms with Crippen molar-refractivity contribution >= 4 is 5.91 Å². The van der Waals surface area contributed by atoms with Gasteiger partial charge < -0.3 is 11.1 Å². The molecule has 0 aliphatic heterocycles. The molecule has 18 heavy (non-hydrogen) atoms. The highest BCUT2D eigenvalue weighted by molar-refractivity contribution is 5.89. The van der Waals surface area contributed by atoms with Crippen LogP contribution in [0.3, 0.4) is 0 Å². The highest BCUT2D eigenvalue weighted by atomic mass is 19.1. The topological polar surface area (TPSA) is 55.1 Å². The minimum Gasteiger partial charge on any atom is -0.355 e. The average molecular weight is 250 g/mol. The number of hydrogen-bond acceptors (Lipinski definition) is 2. The quantitative estimate of drug-likeness (QED) is 0.782. The monoisotopic (exact) mass is 250 g/mol. The molecule has 0 aromatic heterocycles. The van der Waals surface area contributed by atoms with Gasteiger partial charge in [0.05, 0.1) is 5.41 Å². The Hall–Kier alpha value is -1.42. The van der Waals surface area contributed by atoms with Crippen LogP contribution >= 0.6 is 0 Å². The number of nitrogens with two attached hydrogens (primary N) is 1. The zero-order valence-electron chi connectivity index (χ0n) is 10.4. The third-order valence-electron chi connectivity index (χ3n) is 3.70. The van der Waals surface area contributed by atoms with Crippen LogP contribution in [-0.4, -0.2) is 19.0 Å². The Morgan fingerprint density at radius 2 is 2.11 bits per heavy atom. The van der Waals surface area contributed by atoms with Gasteiger partial charge in [0, 0.05) is 12.1 Å². The Labute approximate surface area is 107 Å². The van der Waals surface area contributed by atoms with E-state index in [1.807, 2.05) is 0 Å². The fraction of sp³-hybridized carbons (Fsp3) is 0.500. The van der Waals surface area contributed by atoms with Gasteiger partial charge in [-0.1, -0.05) is 24.6 Å². The van der Waals surface area contributed by atoms with Gasteiger partial charge in [-0.15, -0.1) is 0 Å². The van der Waals surface area contributed by atoms with Crippen molar-refractivity contribution in [1.29, 1.82) is 0 Å². The van der Waals surface area contributed by atoms with Gasteiger partial charge in [-0.2, -0.15) is 0 Å². The van der Waals surface area contributed by atoms with E-state index in [0.717, 1.165) is 25.7 Å². The van der Waals surface area contributed by atoms with Crippen LogP contribution in [0.5, 0.6) is 0 Å². The van der Waals surface area contributed by atoms with E-state index in [4.69, 9.17) is 5.73 Å². The van der Waals surface area contributed by atoms with E-state index in [1.54, 1.807) is 18.2 Å². The summed E-state index contributed by atoms with van der Waals surface area (Å²) in [6, 6.07) is 6.57. The van der Waals surface area contributed by atoms with Gasteiger partial charge in [0.2, 0.25) is 5.91 Å². The lowest BCUT2D eigenvalue weighted by atomic mass is 9.63. The van der Waals surface area contributed by atoms with Crippen molar-refractivity contribution < 1.29 is 9.18 Å². The molecule has 3 nitrogen and oxygen atoms in total. The molecule has 1 amide bonds. The number of nitrogens with one attached hydrogen (secondary N) is 1. The van der Waals surface area contributed by atoms with E-state index in [9.17, 15) is 9.18 Å². The first-order valence-electron chi connectivity index (χ1n) is 6.44. The van der Waals surface area contributed by atoms with Crippen molar-refractivity contribution in [3.05, 3.63) is 35.6 Å². The molecule has 4 heteroatoms. The number of carbonyl (C=O) groups excluding carboxylic acids is 1. The minimum atomic E-state index is -0.653. The van der Waals surface area contributed by atoms with Gasteiger partial charge in [0.25, 0.3) is 0 Å². The van der Waals surface area contributed by atoms with E-state index in [0.29, 0.717) is 18.7 Å². The highest BCUT2D eigenvalue weighted by Crippen LogP contribution is 2.44. The largest absolute Gasteiger partial charge is 0.355 e. The third kappa shape index (κ3) is 2.25. The SMILES string of the molecule is NCCCNC(=O)C1(c2ccccc2F)CCC1. The van der Waals surface area contributed by atoms with Crippen LogP contribution in [0.15, 0.2) is 24.3 Å². The molecule has 0 atom stereocenters. The average Bonchev–Trinajstić information content (AvgIpc) is 2.30. The summed E-state index contributed by atoms with van der Waals surface area (Å²) in [7, 11) is 0. The summed E-state index contributed by atoms with van der Waals surface area (Å²) >= 11 is 0. The van der Waals surface area contributed by atoms with Gasteiger partial charge in [-0.3, -0.25) is 4.79 Å².